The molecule has 154 valence electrons. The van der Waals surface area contributed by atoms with Crippen molar-refractivity contribution in [2.75, 3.05) is 25.0 Å². The van der Waals surface area contributed by atoms with E-state index >= 15 is 0 Å². The van der Waals surface area contributed by atoms with E-state index in [1.54, 1.807) is 0 Å². The molecule has 2 N–H and O–H groups in total. The average Bonchev–Trinajstić information content (AvgIpc) is 3.04. The number of hydrogen-bond acceptors (Lipinski definition) is 3. The van der Waals surface area contributed by atoms with Crippen molar-refractivity contribution in [2.24, 2.45) is 0 Å². The van der Waals surface area contributed by atoms with E-state index in [2.05, 4.69) is 40.3 Å². The van der Waals surface area contributed by atoms with Crippen LogP contribution in [0, 0.1) is 0 Å². The number of anilines is 1. The van der Waals surface area contributed by atoms with E-state index in [1.807, 2.05) is 49.9 Å². The third-order valence-corrected chi connectivity index (χ3v) is 5.41. The summed E-state index contributed by atoms with van der Waals surface area (Å²) in [4.78, 5) is 26.6. The van der Waals surface area contributed by atoms with Gasteiger partial charge in [-0.3, -0.25) is 14.5 Å². The molecule has 3 aromatic rings. The number of nitrogens with zero attached hydrogens (tertiary/aromatic N) is 2. The summed E-state index contributed by atoms with van der Waals surface area (Å²) in [5, 5.41) is 8.12. The molecule has 0 aliphatic rings. The van der Waals surface area contributed by atoms with E-state index < -0.39 is 6.04 Å². The second-order valence-corrected chi connectivity index (χ2v) is 7.18. The molecule has 0 radical (unpaired) electrons. The minimum Gasteiger partial charge on any atom is -0.355 e. The fourth-order valence-electron chi connectivity index (χ4n) is 3.84. The van der Waals surface area contributed by atoms with Gasteiger partial charge in [-0.15, -0.1) is 0 Å². The monoisotopic (exact) mass is 394 g/mol. The van der Waals surface area contributed by atoms with Crippen molar-refractivity contribution in [2.45, 2.75) is 40.3 Å². The second kappa shape index (κ2) is 9.09. The zero-order chi connectivity index (χ0) is 21.0. The summed E-state index contributed by atoms with van der Waals surface area (Å²) in [5.41, 5.74) is 3.12. The highest BCUT2D eigenvalue weighted by Crippen LogP contribution is 2.31. The van der Waals surface area contributed by atoms with E-state index in [9.17, 15) is 9.59 Å². The molecule has 29 heavy (non-hydrogen) atoms. The van der Waals surface area contributed by atoms with E-state index in [4.69, 9.17) is 0 Å². The molecule has 0 spiro atoms. The van der Waals surface area contributed by atoms with Crippen molar-refractivity contribution >= 4 is 39.3 Å². The number of benzene rings is 2. The van der Waals surface area contributed by atoms with Crippen LogP contribution in [0.2, 0.25) is 0 Å². The zero-order valence-electron chi connectivity index (χ0n) is 17.7. The van der Waals surface area contributed by atoms with Gasteiger partial charge in [-0.25, -0.2) is 0 Å². The Morgan fingerprint density at radius 1 is 1.03 bits per heavy atom. The first kappa shape index (κ1) is 20.9. The summed E-state index contributed by atoms with van der Waals surface area (Å²) in [7, 11) is 0. The highest BCUT2D eigenvalue weighted by atomic mass is 16.2. The van der Waals surface area contributed by atoms with E-state index in [-0.39, 0.29) is 18.4 Å². The first-order chi connectivity index (χ1) is 14.0. The number of amides is 2. The van der Waals surface area contributed by atoms with Crippen molar-refractivity contribution in [3.8, 4) is 0 Å². The number of hydrogen-bond donors (Lipinski definition) is 2. The molecule has 0 fully saturated rings. The van der Waals surface area contributed by atoms with Crippen molar-refractivity contribution in [3.05, 3.63) is 42.5 Å². The van der Waals surface area contributed by atoms with Crippen molar-refractivity contribution in [3.63, 3.8) is 0 Å². The summed E-state index contributed by atoms with van der Waals surface area (Å²) in [6, 6.07) is 14.0. The van der Waals surface area contributed by atoms with Gasteiger partial charge in [0.15, 0.2) is 0 Å². The number of aromatic nitrogens is 1. The number of para-hydroxylation sites is 1. The van der Waals surface area contributed by atoms with Crippen molar-refractivity contribution in [1.82, 2.24) is 14.8 Å². The molecule has 1 unspecified atom stereocenters. The van der Waals surface area contributed by atoms with Crippen LogP contribution in [-0.2, 0) is 16.1 Å². The highest BCUT2D eigenvalue weighted by molar-refractivity contribution is 6.10. The lowest BCUT2D eigenvalue weighted by Crippen LogP contribution is -2.46. The summed E-state index contributed by atoms with van der Waals surface area (Å²) >= 11 is 0. The Morgan fingerprint density at radius 3 is 2.45 bits per heavy atom. The fraction of sp³-hybridized carbons (Fsp3) is 0.391. The van der Waals surface area contributed by atoms with E-state index in [0.29, 0.717) is 13.1 Å². The standard InChI is InChI=1S/C23H30N4O2/c1-5-24-22(28)15-26(6-2)16(4)23(29)25-17-12-13-21-19(14-17)18-10-8-9-11-20(18)27(21)7-3/h8-14,16H,5-7,15H2,1-4H3,(H,24,28)(H,25,29). The predicted molar refractivity (Wildman–Crippen MR) is 119 cm³/mol. The van der Waals surface area contributed by atoms with Gasteiger partial charge in [0.1, 0.15) is 0 Å². The lowest BCUT2D eigenvalue weighted by molar-refractivity contribution is -0.125. The van der Waals surface area contributed by atoms with Gasteiger partial charge >= 0.3 is 0 Å². The Morgan fingerprint density at radius 2 is 1.76 bits per heavy atom. The molecule has 3 rings (SSSR count). The molecular weight excluding hydrogens is 364 g/mol. The number of carbonyl (C=O) groups is 2. The molecule has 0 bridgehead atoms. The molecule has 0 aliphatic heterocycles. The number of carbonyl (C=O) groups excluding carboxylic acids is 2. The summed E-state index contributed by atoms with van der Waals surface area (Å²) < 4.78 is 2.28. The quantitative estimate of drug-likeness (QED) is 0.613. The number of nitrogens with one attached hydrogen (secondary N) is 2. The summed E-state index contributed by atoms with van der Waals surface area (Å²) in [6.45, 7) is 10.1. The topological polar surface area (TPSA) is 66.4 Å². The van der Waals surface area contributed by atoms with Crippen molar-refractivity contribution in [1.29, 1.82) is 0 Å². The van der Waals surface area contributed by atoms with Crippen molar-refractivity contribution < 1.29 is 9.59 Å². The lowest BCUT2D eigenvalue weighted by Gasteiger charge is -2.26. The normalized spacial score (nSPS) is 12.4. The molecular formula is C23H30N4O2. The van der Waals surface area contributed by atoms with Crippen LogP contribution >= 0.6 is 0 Å². The Balaban J connectivity index is 1.83. The SMILES string of the molecule is CCNC(=O)CN(CC)C(C)C(=O)Nc1ccc2c(c1)c1ccccc1n2CC. The van der Waals surface area contributed by atoms with Gasteiger partial charge in [-0.05, 0) is 51.6 Å². The van der Waals surface area contributed by atoms with Crippen LogP contribution in [0.5, 0.6) is 0 Å². The number of rotatable bonds is 8. The van der Waals surface area contributed by atoms with E-state index in [0.717, 1.165) is 23.1 Å². The molecule has 1 atom stereocenters. The molecule has 0 saturated heterocycles. The fourth-order valence-corrected chi connectivity index (χ4v) is 3.84. The Labute approximate surface area is 171 Å². The van der Waals surface area contributed by atoms with Gasteiger partial charge < -0.3 is 15.2 Å². The molecule has 6 heteroatoms. The maximum absolute atomic E-state index is 12.8. The van der Waals surface area contributed by atoms with Gasteiger partial charge in [-0.2, -0.15) is 0 Å². The highest BCUT2D eigenvalue weighted by Gasteiger charge is 2.22. The number of likely N-dealkylation sites (N-methyl/N-ethyl adjacent to an activating group) is 2. The van der Waals surface area contributed by atoms with Gasteiger partial charge in [0.2, 0.25) is 11.8 Å². The maximum Gasteiger partial charge on any atom is 0.241 e. The largest absolute Gasteiger partial charge is 0.355 e. The minimum absolute atomic E-state index is 0.0669. The summed E-state index contributed by atoms with van der Waals surface area (Å²) in [5.74, 6) is -0.183. The smallest absolute Gasteiger partial charge is 0.241 e. The first-order valence-corrected chi connectivity index (χ1v) is 10.3. The Bertz CT molecular complexity index is 1020. The molecule has 0 saturated carbocycles. The predicted octanol–water partition coefficient (Wildman–Crippen LogP) is 3.60. The molecule has 2 aromatic carbocycles. The maximum atomic E-state index is 12.8. The second-order valence-electron chi connectivity index (χ2n) is 7.18. The minimum atomic E-state index is -0.407. The number of aryl methyl sites for hydroxylation is 1. The lowest BCUT2D eigenvalue weighted by atomic mass is 10.1. The molecule has 1 aromatic heterocycles. The third kappa shape index (κ3) is 4.27. The first-order valence-electron chi connectivity index (χ1n) is 10.3. The van der Waals surface area contributed by atoms with Crippen LogP contribution in [0.3, 0.4) is 0 Å². The summed E-state index contributed by atoms with van der Waals surface area (Å²) in [6.07, 6.45) is 0. The van der Waals surface area contributed by atoms with Gasteiger partial charge in [0, 0.05) is 40.6 Å². The van der Waals surface area contributed by atoms with Gasteiger partial charge in [-0.1, -0.05) is 25.1 Å². The van der Waals surface area contributed by atoms with Crippen LogP contribution in [0.15, 0.2) is 42.5 Å². The van der Waals surface area contributed by atoms with E-state index in [1.165, 1.54) is 10.9 Å². The third-order valence-electron chi connectivity index (χ3n) is 5.41. The Kier molecular flexibility index (Phi) is 6.54. The van der Waals surface area contributed by atoms with Gasteiger partial charge in [0.05, 0.1) is 12.6 Å². The van der Waals surface area contributed by atoms with Crippen LogP contribution in [0.1, 0.15) is 27.7 Å². The van der Waals surface area contributed by atoms with Crippen LogP contribution in [-0.4, -0.2) is 47.0 Å². The molecule has 2 amide bonds. The van der Waals surface area contributed by atoms with Crippen LogP contribution in [0.4, 0.5) is 5.69 Å². The molecule has 1 heterocycles. The Hall–Kier alpha value is -2.86. The zero-order valence-corrected chi connectivity index (χ0v) is 17.7. The molecule has 6 nitrogen and oxygen atoms in total. The van der Waals surface area contributed by atoms with Gasteiger partial charge in [0.25, 0.3) is 0 Å². The molecule has 0 aliphatic carbocycles. The average molecular weight is 395 g/mol. The van der Waals surface area contributed by atoms with Crippen LogP contribution in [0.25, 0.3) is 21.8 Å². The number of fused-ring (bicyclic) bond motifs is 3. The van der Waals surface area contributed by atoms with Crippen LogP contribution < -0.4 is 10.6 Å².